The largest absolute Gasteiger partial charge is 0.325 e. The van der Waals surface area contributed by atoms with Crippen LogP contribution in [0.4, 0.5) is 13.2 Å². The molecular weight excluding hydrogens is 433 g/mol. The average molecular weight is 452 g/mol. The molecule has 6 rings (SSSR count). The summed E-state index contributed by atoms with van der Waals surface area (Å²) in [6.45, 7) is 0. The second-order valence-electron chi connectivity index (χ2n) is 8.60. The Hall–Kier alpha value is -3.69. The Morgan fingerprint density at radius 1 is 1.06 bits per heavy atom. The van der Waals surface area contributed by atoms with E-state index in [0.29, 0.717) is 34.5 Å². The number of hydrogen-bond acceptors (Lipinski definition) is 4. The lowest BCUT2D eigenvalue weighted by Crippen LogP contribution is -2.42. The first kappa shape index (κ1) is 20.0. The number of pyridine rings is 1. The Labute approximate surface area is 186 Å². The molecule has 2 aliphatic rings. The molecule has 0 aliphatic carbocycles. The number of nitrogens with zero attached hydrogens (tertiary/aromatic N) is 6. The molecule has 168 valence electrons. The van der Waals surface area contributed by atoms with Gasteiger partial charge >= 0.3 is 0 Å². The molecule has 3 aromatic heterocycles. The van der Waals surface area contributed by atoms with Gasteiger partial charge in [0.15, 0.2) is 28.8 Å². The molecule has 33 heavy (non-hydrogen) atoms. The fourth-order valence-electron chi connectivity index (χ4n) is 5.38. The van der Waals surface area contributed by atoms with Gasteiger partial charge in [0.25, 0.3) is 5.91 Å². The minimum absolute atomic E-state index is 0.0955. The number of aryl methyl sites for hydroxylation is 2. The number of hydrogen-bond donors (Lipinski definition) is 0. The van der Waals surface area contributed by atoms with E-state index in [1.807, 2.05) is 11.0 Å². The van der Waals surface area contributed by atoms with Gasteiger partial charge in [-0.1, -0.05) is 0 Å². The van der Waals surface area contributed by atoms with Gasteiger partial charge < -0.3 is 4.90 Å². The Bertz CT molecular complexity index is 1440. The van der Waals surface area contributed by atoms with E-state index in [4.69, 9.17) is 0 Å². The van der Waals surface area contributed by atoms with Crippen LogP contribution < -0.4 is 0 Å². The molecule has 0 radical (unpaired) electrons. The molecule has 0 spiro atoms. The van der Waals surface area contributed by atoms with E-state index in [2.05, 4.69) is 15.2 Å². The highest BCUT2D eigenvalue weighted by molar-refractivity contribution is 6.04. The van der Waals surface area contributed by atoms with Crippen molar-refractivity contribution < 1.29 is 18.0 Å². The SMILES string of the molecule is Cn1nc2c(c1-c1cc(F)c(F)c(F)c1)CC1CCC2N1C(=O)c1nn(C)c2ncccc12. The van der Waals surface area contributed by atoms with Gasteiger partial charge in [0.2, 0.25) is 0 Å². The molecule has 2 aliphatic heterocycles. The summed E-state index contributed by atoms with van der Waals surface area (Å²) in [7, 11) is 3.44. The number of carbonyl (C=O) groups is 1. The molecule has 1 fully saturated rings. The first-order valence-corrected chi connectivity index (χ1v) is 10.7. The highest BCUT2D eigenvalue weighted by atomic mass is 19.2. The third kappa shape index (κ3) is 2.76. The zero-order valence-corrected chi connectivity index (χ0v) is 17.9. The van der Waals surface area contributed by atoms with Gasteiger partial charge in [-0.3, -0.25) is 9.48 Å². The van der Waals surface area contributed by atoms with Gasteiger partial charge in [0.05, 0.1) is 22.8 Å². The van der Waals surface area contributed by atoms with Crippen molar-refractivity contribution in [1.82, 2.24) is 29.4 Å². The third-order valence-electron chi connectivity index (χ3n) is 6.73. The van der Waals surface area contributed by atoms with Crippen molar-refractivity contribution in [3.8, 4) is 11.3 Å². The van der Waals surface area contributed by atoms with Gasteiger partial charge in [0.1, 0.15) is 0 Å². The van der Waals surface area contributed by atoms with Crippen LogP contribution in [0.25, 0.3) is 22.3 Å². The molecule has 7 nitrogen and oxygen atoms in total. The van der Waals surface area contributed by atoms with Crippen molar-refractivity contribution in [1.29, 1.82) is 0 Å². The number of halogens is 3. The van der Waals surface area contributed by atoms with E-state index in [1.54, 1.807) is 35.7 Å². The number of amides is 1. The Kier molecular flexibility index (Phi) is 4.17. The van der Waals surface area contributed by atoms with Gasteiger partial charge in [-0.2, -0.15) is 10.2 Å². The van der Waals surface area contributed by atoms with Crippen molar-refractivity contribution in [3.05, 3.63) is 64.9 Å². The van der Waals surface area contributed by atoms with Crippen molar-refractivity contribution in [2.75, 3.05) is 0 Å². The monoisotopic (exact) mass is 452 g/mol. The van der Waals surface area contributed by atoms with E-state index < -0.39 is 17.5 Å². The van der Waals surface area contributed by atoms with E-state index in [0.717, 1.165) is 30.5 Å². The van der Waals surface area contributed by atoms with Crippen LogP contribution in [0.15, 0.2) is 30.5 Å². The molecule has 2 unspecified atom stereocenters. The van der Waals surface area contributed by atoms with Crippen LogP contribution >= 0.6 is 0 Å². The average Bonchev–Trinajstić information content (AvgIpc) is 3.43. The zero-order valence-electron chi connectivity index (χ0n) is 17.9. The summed E-state index contributed by atoms with van der Waals surface area (Å²) >= 11 is 0. The van der Waals surface area contributed by atoms with Crippen LogP contribution in [-0.4, -0.2) is 41.4 Å². The number of aromatic nitrogens is 5. The molecular formula is C23H19F3N6O. The fourth-order valence-corrected chi connectivity index (χ4v) is 5.38. The molecule has 1 aromatic carbocycles. The van der Waals surface area contributed by atoms with Crippen LogP contribution in [0.5, 0.6) is 0 Å². The highest BCUT2D eigenvalue weighted by Gasteiger charge is 2.46. The predicted molar refractivity (Wildman–Crippen MR) is 113 cm³/mol. The Morgan fingerprint density at radius 3 is 2.58 bits per heavy atom. The van der Waals surface area contributed by atoms with E-state index in [1.165, 1.54) is 0 Å². The van der Waals surface area contributed by atoms with Gasteiger partial charge in [-0.25, -0.2) is 22.8 Å². The van der Waals surface area contributed by atoms with Crippen molar-refractivity contribution in [3.63, 3.8) is 0 Å². The second-order valence-corrected chi connectivity index (χ2v) is 8.60. The molecule has 10 heteroatoms. The summed E-state index contributed by atoms with van der Waals surface area (Å²) in [5, 5.41) is 9.75. The summed E-state index contributed by atoms with van der Waals surface area (Å²) in [4.78, 5) is 19.8. The van der Waals surface area contributed by atoms with Crippen LogP contribution in [-0.2, 0) is 20.5 Å². The molecule has 1 amide bonds. The van der Waals surface area contributed by atoms with Crippen molar-refractivity contribution in [2.24, 2.45) is 14.1 Å². The number of benzene rings is 1. The maximum atomic E-state index is 13.9. The van der Waals surface area contributed by atoms with Crippen LogP contribution in [0.1, 0.15) is 40.6 Å². The van der Waals surface area contributed by atoms with Crippen molar-refractivity contribution >= 4 is 16.9 Å². The zero-order chi connectivity index (χ0) is 23.0. The maximum absolute atomic E-state index is 13.9. The van der Waals surface area contributed by atoms with Crippen LogP contribution in [0.2, 0.25) is 0 Å². The molecule has 0 saturated carbocycles. The molecule has 1 saturated heterocycles. The van der Waals surface area contributed by atoms with Crippen LogP contribution in [0.3, 0.4) is 0 Å². The van der Waals surface area contributed by atoms with Crippen LogP contribution in [0, 0.1) is 17.5 Å². The van der Waals surface area contributed by atoms with Gasteiger partial charge in [-0.15, -0.1) is 0 Å². The quantitative estimate of drug-likeness (QED) is 0.435. The third-order valence-corrected chi connectivity index (χ3v) is 6.73. The first-order chi connectivity index (χ1) is 15.8. The number of carbonyl (C=O) groups excluding carboxylic acids is 1. The lowest BCUT2D eigenvalue weighted by molar-refractivity contribution is 0.0637. The van der Waals surface area contributed by atoms with Crippen molar-refractivity contribution in [2.45, 2.75) is 31.3 Å². The molecule has 0 N–H and O–H groups in total. The summed E-state index contributed by atoms with van der Waals surface area (Å²) < 4.78 is 44.5. The molecule has 2 bridgehead atoms. The molecule has 5 heterocycles. The van der Waals surface area contributed by atoms with E-state index in [-0.39, 0.29) is 23.6 Å². The predicted octanol–water partition coefficient (Wildman–Crippen LogP) is 3.69. The summed E-state index contributed by atoms with van der Waals surface area (Å²) in [6, 6.07) is 5.22. The Balaban J connectivity index is 1.43. The topological polar surface area (TPSA) is 68.8 Å². The number of rotatable bonds is 2. The molecule has 4 aromatic rings. The van der Waals surface area contributed by atoms with Gasteiger partial charge in [0, 0.05) is 37.5 Å². The first-order valence-electron chi connectivity index (χ1n) is 10.7. The Morgan fingerprint density at radius 2 is 1.82 bits per heavy atom. The second kappa shape index (κ2) is 6.90. The highest BCUT2D eigenvalue weighted by Crippen LogP contribution is 2.47. The lowest BCUT2D eigenvalue weighted by Gasteiger charge is -2.34. The fraction of sp³-hybridized carbons (Fsp3) is 0.304. The minimum atomic E-state index is -1.50. The smallest absolute Gasteiger partial charge is 0.275 e. The maximum Gasteiger partial charge on any atom is 0.275 e. The summed E-state index contributed by atoms with van der Waals surface area (Å²) in [6.07, 6.45) is 3.66. The van der Waals surface area contributed by atoms with E-state index >= 15 is 0 Å². The minimum Gasteiger partial charge on any atom is -0.325 e. The summed E-state index contributed by atoms with van der Waals surface area (Å²) in [5.41, 5.74) is 3.29. The number of fused-ring (bicyclic) bond motifs is 5. The lowest BCUT2D eigenvalue weighted by atomic mass is 9.94. The summed E-state index contributed by atoms with van der Waals surface area (Å²) in [5.74, 6) is -4.17. The standard InChI is InChI=1S/C23H19F3N6O/c1-30-21(11-8-15(24)18(26)16(25)9-11)14-10-12-5-6-17(19(14)28-30)32(12)23(33)20-13-4-3-7-27-22(13)31(2)29-20/h3-4,7-9,12,17H,5-6,10H2,1-2H3. The van der Waals surface area contributed by atoms with Gasteiger partial charge in [-0.05, 0) is 43.5 Å². The van der Waals surface area contributed by atoms with E-state index in [9.17, 15) is 18.0 Å². The normalized spacial score (nSPS) is 19.4. The molecule has 2 atom stereocenters.